The van der Waals surface area contributed by atoms with Crippen LogP contribution in [0.4, 0.5) is 4.79 Å². The maximum Gasteiger partial charge on any atom is 0.506 e. The van der Waals surface area contributed by atoms with Crippen molar-refractivity contribution in [1.82, 2.24) is 9.21 Å². The number of nitrogens with zero attached hydrogens (tertiary/aromatic N) is 2. The van der Waals surface area contributed by atoms with Gasteiger partial charge >= 0.3 is 6.16 Å². The molecule has 1 fully saturated rings. The van der Waals surface area contributed by atoms with E-state index in [1.54, 1.807) is 14.2 Å². The van der Waals surface area contributed by atoms with Crippen LogP contribution in [0.15, 0.2) is 42.5 Å². The molecule has 11 heteroatoms. The average molecular weight is 521 g/mol. The lowest BCUT2D eigenvalue weighted by Gasteiger charge is -2.29. The second-order valence-corrected chi connectivity index (χ2v) is 11.1. The first-order chi connectivity index (χ1) is 17.2. The predicted octanol–water partition coefficient (Wildman–Crippen LogP) is 3.30. The van der Waals surface area contributed by atoms with Crippen molar-refractivity contribution in [1.29, 1.82) is 0 Å². The molecule has 0 bridgehead atoms. The van der Waals surface area contributed by atoms with Gasteiger partial charge in [-0.3, -0.25) is 4.90 Å². The van der Waals surface area contributed by atoms with Crippen molar-refractivity contribution in [2.75, 3.05) is 46.3 Å². The molecule has 0 unspecified atom stereocenters. The molecule has 0 saturated carbocycles. The van der Waals surface area contributed by atoms with Crippen LogP contribution < -0.4 is 14.2 Å². The Kier molecular flexibility index (Phi) is 7.91. The number of benzene rings is 2. The lowest BCUT2D eigenvalue weighted by molar-refractivity contribution is 0.0284. The van der Waals surface area contributed by atoms with Gasteiger partial charge in [-0.1, -0.05) is 25.1 Å². The molecule has 10 nitrogen and oxygen atoms in total. The van der Waals surface area contributed by atoms with Gasteiger partial charge in [0.25, 0.3) is 0 Å². The molecular weight excluding hydrogens is 488 g/mol. The van der Waals surface area contributed by atoms with Crippen LogP contribution in [0.5, 0.6) is 17.2 Å². The van der Waals surface area contributed by atoms with E-state index in [1.165, 1.54) is 4.31 Å². The van der Waals surface area contributed by atoms with Gasteiger partial charge in [0.2, 0.25) is 16.8 Å². The smallest absolute Gasteiger partial charge is 0.497 e. The van der Waals surface area contributed by atoms with Crippen molar-refractivity contribution in [3.05, 3.63) is 53.6 Å². The molecule has 1 N–H and O–H groups in total. The van der Waals surface area contributed by atoms with Crippen LogP contribution in [0.3, 0.4) is 0 Å². The molecule has 3 atom stereocenters. The normalized spacial score (nSPS) is 21.6. The fourth-order valence-electron chi connectivity index (χ4n) is 4.85. The largest absolute Gasteiger partial charge is 0.506 e. The molecular formula is C25H32N2O8S. The number of methoxy groups -OCH3 is 1. The molecule has 1 saturated heterocycles. The van der Waals surface area contributed by atoms with Gasteiger partial charge in [0.15, 0.2) is 11.5 Å². The first-order valence-corrected chi connectivity index (χ1v) is 13.5. The van der Waals surface area contributed by atoms with E-state index in [-0.39, 0.29) is 25.0 Å². The molecule has 2 aliphatic rings. The maximum absolute atomic E-state index is 12.5. The Bertz CT molecular complexity index is 1170. The highest BCUT2D eigenvalue weighted by Crippen LogP contribution is 2.45. The number of likely N-dealkylation sites (N-methyl/N-ethyl adjacent to an activating group) is 1. The van der Waals surface area contributed by atoms with E-state index in [4.69, 9.17) is 18.9 Å². The first-order valence-electron chi connectivity index (χ1n) is 11.8. The Labute approximate surface area is 211 Å². The summed E-state index contributed by atoms with van der Waals surface area (Å²) in [6, 6.07) is 12.5. The van der Waals surface area contributed by atoms with Crippen molar-refractivity contribution in [2.24, 2.45) is 0 Å². The Balaban J connectivity index is 1.68. The lowest BCUT2D eigenvalue weighted by atomic mass is 9.90. The SMILES string of the molecule is CCCS(=O)(=O)N(C)CCN1C[C@H](c2ccc3c(c2)OCO3)[C@H](OC(=O)O)[C@H]1c1ccc(OC)cc1. The summed E-state index contributed by atoms with van der Waals surface area (Å²) in [7, 11) is -0.212. The molecule has 196 valence electrons. The number of ether oxygens (including phenoxy) is 4. The summed E-state index contributed by atoms with van der Waals surface area (Å²) in [6.45, 7) is 3.10. The Morgan fingerprint density at radius 1 is 1.14 bits per heavy atom. The van der Waals surface area contributed by atoms with Crippen LogP contribution in [-0.4, -0.2) is 81.3 Å². The van der Waals surface area contributed by atoms with Crippen LogP contribution in [0.25, 0.3) is 0 Å². The third kappa shape index (κ3) is 5.53. The summed E-state index contributed by atoms with van der Waals surface area (Å²) in [5.41, 5.74) is 1.71. The van der Waals surface area contributed by atoms with E-state index >= 15 is 0 Å². The summed E-state index contributed by atoms with van der Waals surface area (Å²) in [4.78, 5) is 13.9. The van der Waals surface area contributed by atoms with E-state index < -0.39 is 28.3 Å². The molecule has 0 aliphatic carbocycles. The van der Waals surface area contributed by atoms with E-state index in [0.717, 1.165) is 11.1 Å². The van der Waals surface area contributed by atoms with Gasteiger partial charge in [-0.2, -0.15) is 0 Å². The van der Waals surface area contributed by atoms with E-state index in [1.807, 2.05) is 49.4 Å². The molecule has 2 aliphatic heterocycles. The van der Waals surface area contributed by atoms with Gasteiger partial charge in [0.1, 0.15) is 11.9 Å². The van der Waals surface area contributed by atoms with Crippen LogP contribution in [-0.2, 0) is 14.8 Å². The van der Waals surface area contributed by atoms with Crippen molar-refractivity contribution < 1.29 is 37.3 Å². The number of rotatable bonds is 10. The number of hydrogen-bond donors (Lipinski definition) is 1. The summed E-state index contributed by atoms with van der Waals surface area (Å²) >= 11 is 0. The molecule has 2 aromatic rings. The molecule has 4 rings (SSSR count). The molecule has 2 heterocycles. The fraction of sp³-hybridized carbons (Fsp3) is 0.480. The molecule has 0 amide bonds. The minimum absolute atomic E-state index is 0.0793. The molecule has 36 heavy (non-hydrogen) atoms. The highest BCUT2D eigenvalue weighted by Gasteiger charge is 2.46. The van der Waals surface area contributed by atoms with Gasteiger partial charge in [-0.05, 0) is 41.8 Å². The molecule has 2 aromatic carbocycles. The second kappa shape index (κ2) is 10.9. The standard InChI is InChI=1S/C25H32N2O8S/c1-4-13-36(30,31)26(2)11-12-27-15-20(18-7-10-21-22(14-18)34-16-33-21)24(35-25(28)29)23(27)17-5-8-19(32-3)9-6-17/h5-10,14,20,23-24H,4,11-13,15-16H2,1-3H3,(H,28,29)/t20-,23-,24+/m1/s1. The van der Waals surface area contributed by atoms with Crippen molar-refractivity contribution in [3.8, 4) is 17.2 Å². The molecule has 0 spiro atoms. The van der Waals surface area contributed by atoms with E-state index in [2.05, 4.69) is 4.90 Å². The Hall–Kier alpha value is -3.02. The third-order valence-electron chi connectivity index (χ3n) is 6.69. The minimum atomic E-state index is -3.36. The average Bonchev–Trinajstić information content (AvgIpc) is 3.46. The minimum Gasteiger partial charge on any atom is -0.497 e. The highest BCUT2D eigenvalue weighted by atomic mass is 32.2. The number of hydrogen-bond acceptors (Lipinski definition) is 8. The third-order valence-corrected chi connectivity index (χ3v) is 8.75. The molecule has 0 aromatic heterocycles. The van der Waals surface area contributed by atoms with Gasteiger partial charge in [0.05, 0.1) is 18.9 Å². The van der Waals surface area contributed by atoms with Gasteiger partial charge in [-0.15, -0.1) is 0 Å². The first kappa shape index (κ1) is 26.1. The summed E-state index contributed by atoms with van der Waals surface area (Å²) in [5.74, 6) is 1.69. The van der Waals surface area contributed by atoms with Gasteiger partial charge in [-0.25, -0.2) is 17.5 Å². The summed E-state index contributed by atoms with van der Waals surface area (Å²) in [5, 5.41) is 9.62. The van der Waals surface area contributed by atoms with E-state index in [0.29, 0.717) is 36.8 Å². The van der Waals surface area contributed by atoms with Crippen LogP contribution in [0, 0.1) is 0 Å². The summed E-state index contributed by atoms with van der Waals surface area (Å²) in [6.07, 6.45) is -1.56. The van der Waals surface area contributed by atoms with Gasteiger partial charge < -0.3 is 24.1 Å². The number of fused-ring (bicyclic) bond motifs is 1. The summed E-state index contributed by atoms with van der Waals surface area (Å²) < 4.78 is 48.2. The molecule has 0 radical (unpaired) electrons. The highest BCUT2D eigenvalue weighted by molar-refractivity contribution is 7.89. The maximum atomic E-state index is 12.5. The number of carboxylic acid groups (broad SMARTS) is 1. The predicted molar refractivity (Wildman–Crippen MR) is 132 cm³/mol. The van der Waals surface area contributed by atoms with Crippen LogP contribution in [0.2, 0.25) is 0 Å². The monoisotopic (exact) mass is 520 g/mol. The zero-order chi connectivity index (χ0) is 25.9. The fourth-order valence-corrected chi connectivity index (χ4v) is 6.04. The Morgan fingerprint density at radius 2 is 1.83 bits per heavy atom. The number of likely N-dealkylation sites (tertiary alicyclic amines) is 1. The van der Waals surface area contributed by atoms with Crippen molar-refractivity contribution >= 4 is 16.2 Å². The van der Waals surface area contributed by atoms with Gasteiger partial charge in [0, 0.05) is 32.6 Å². The lowest BCUT2D eigenvalue weighted by Crippen LogP contribution is -2.38. The number of carbonyl (C=O) groups is 1. The zero-order valence-corrected chi connectivity index (χ0v) is 21.4. The van der Waals surface area contributed by atoms with Crippen LogP contribution in [0.1, 0.15) is 36.4 Å². The zero-order valence-electron chi connectivity index (χ0n) is 20.6. The van der Waals surface area contributed by atoms with Crippen molar-refractivity contribution in [3.63, 3.8) is 0 Å². The van der Waals surface area contributed by atoms with E-state index in [9.17, 15) is 18.3 Å². The Morgan fingerprint density at radius 3 is 2.50 bits per heavy atom. The van der Waals surface area contributed by atoms with Crippen molar-refractivity contribution in [2.45, 2.75) is 31.4 Å². The quantitative estimate of drug-likeness (QED) is 0.471. The number of sulfonamides is 1. The topological polar surface area (TPSA) is 115 Å². The second-order valence-electron chi connectivity index (χ2n) is 8.92. The van der Waals surface area contributed by atoms with Crippen LogP contribution >= 0.6 is 0 Å².